The Morgan fingerprint density at radius 1 is 1.07 bits per heavy atom. The Labute approximate surface area is 171 Å². The molecule has 0 aliphatic heterocycles. The summed E-state index contributed by atoms with van der Waals surface area (Å²) in [6.45, 7) is 0.946. The molecule has 0 saturated heterocycles. The Morgan fingerprint density at radius 3 is 2.55 bits per heavy atom. The molecule has 1 aliphatic rings. The highest BCUT2D eigenvalue weighted by molar-refractivity contribution is 5.85. The summed E-state index contributed by atoms with van der Waals surface area (Å²) in [6.07, 6.45) is 6.66. The van der Waals surface area contributed by atoms with Crippen LogP contribution in [-0.2, 0) is 28.2 Å². The Kier molecular flexibility index (Phi) is 5.58. The smallest absolute Gasteiger partial charge is 0.325 e. The van der Waals surface area contributed by atoms with Gasteiger partial charge in [-0.05, 0) is 30.5 Å². The maximum atomic E-state index is 11.8. The molecule has 5 nitrogen and oxygen atoms in total. The van der Waals surface area contributed by atoms with E-state index in [0.717, 1.165) is 36.0 Å². The minimum atomic E-state index is -0.244. The molecule has 0 spiro atoms. The first-order valence-electron chi connectivity index (χ1n) is 10.2. The van der Waals surface area contributed by atoms with E-state index in [0.29, 0.717) is 0 Å². The topological polar surface area (TPSA) is 52.5 Å². The molecule has 0 amide bonds. The molecule has 1 heterocycles. The summed E-state index contributed by atoms with van der Waals surface area (Å²) in [6, 6.07) is 16.5. The molecular weight excluding hydrogens is 364 g/mol. The van der Waals surface area contributed by atoms with Crippen molar-refractivity contribution in [2.45, 2.75) is 44.3 Å². The van der Waals surface area contributed by atoms with Crippen molar-refractivity contribution in [1.29, 1.82) is 0 Å². The van der Waals surface area contributed by atoms with Crippen LogP contribution in [0.4, 0.5) is 0 Å². The van der Waals surface area contributed by atoms with Crippen molar-refractivity contribution in [3.8, 4) is 5.75 Å². The van der Waals surface area contributed by atoms with Gasteiger partial charge >= 0.3 is 5.97 Å². The van der Waals surface area contributed by atoms with E-state index >= 15 is 0 Å². The molecular formula is C24H28N2O3. The van der Waals surface area contributed by atoms with Gasteiger partial charge in [0.1, 0.15) is 12.3 Å². The van der Waals surface area contributed by atoms with Gasteiger partial charge in [-0.15, -0.1) is 0 Å². The quantitative estimate of drug-likeness (QED) is 0.606. The van der Waals surface area contributed by atoms with E-state index in [2.05, 4.69) is 29.7 Å². The summed E-state index contributed by atoms with van der Waals surface area (Å²) < 4.78 is 12.5. The summed E-state index contributed by atoms with van der Waals surface area (Å²) in [4.78, 5) is 11.8. The van der Waals surface area contributed by atoms with Gasteiger partial charge in [-0.3, -0.25) is 4.79 Å². The van der Waals surface area contributed by atoms with Crippen LogP contribution in [0.5, 0.6) is 5.75 Å². The van der Waals surface area contributed by atoms with Gasteiger partial charge in [0.05, 0.1) is 14.2 Å². The van der Waals surface area contributed by atoms with Crippen molar-refractivity contribution >= 4 is 16.9 Å². The minimum Gasteiger partial charge on any atom is -0.496 e. The van der Waals surface area contributed by atoms with E-state index in [-0.39, 0.29) is 18.1 Å². The van der Waals surface area contributed by atoms with Gasteiger partial charge in [0.2, 0.25) is 0 Å². The number of nitrogens with one attached hydrogen (secondary N) is 1. The standard InChI is InChI=1S/C24H28N2O3/c1-28-22-12-6-4-10-20(22)24(13-7-8-14-24)25-15-18-16-26(17-23(27)29-2)21-11-5-3-9-19(18)21/h3-6,9-12,16,25H,7-8,13-15,17H2,1-2H3. The van der Waals surface area contributed by atoms with Crippen molar-refractivity contribution < 1.29 is 14.3 Å². The van der Waals surface area contributed by atoms with E-state index in [1.54, 1.807) is 7.11 Å². The molecule has 3 aromatic rings. The first-order valence-corrected chi connectivity index (χ1v) is 10.2. The van der Waals surface area contributed by atoms with Gasteiger partial charge in [0.25, 0.3) is 0 Å². The van der Waals surface area contributed by atoms with Gasteiger partial charge in [-0.2, -0.15) is 0 Å². The minimum absolute atomic E-state index is 0.0852. The van der Waals surface area contributed by atoms with Crippen LogP contribution in [0.3, 0.4) is 0 Å². The van der Waals surface area contributed by atoms with Crippen LogP contribution in [0.15, 0.2) is 54.7 Å². The van der Waals surface area contributed by atoms with E-state index in [1.807, 2.05) is 34.9 Å². The molecule has 1 N–H and O–H groups in total. The predicted octanol–water partition coefficient (Wildman–Crippen LogP) is 4.38. The maximum absolute atomic E-state index is 11.8. The number of benzene rings is 2. The molecule has 0 atom stereocenters. The number of para-hydroxylation sites is 2. The van der Waals surface area contributed by atoms with Crippen molar-refractivity contribution in [2.24, 2.45) is 0 Å². The molecule has 0 radical (unpaired) electrons. The molecule has 4 rings (SSSR count). The summed E-state index contributed by atoms with van der Waals surface area (Å²) >= 11 is 0. The van der Waals surface area contributed by atoms with Crippen LogP contribution in [0.1, 0.15) is 36.8 Å². The van der Waals surface area contributed by atoms with Crippen molar-refractivity contribution in [3.05, 3.63) is 65.9 Å². The molecule has 1 saturated carbocycles. The number of esters is 1. The zero-order chi connectivity index (χ0) is 20.3. The lowest BCUT2D eigenvalue weighted by Crippen LogP contribution is -2.39. The fourth-order valence-electron chi connectivity index (χ4n) is 4.62. The number of carbonyl (C=O) groups is 1. The highest BCUT2D eigenvalue weighted by atomic mass is 16.5. The van der Waals surface area contributed by atoms with Gasteiger partial charge in [-0.25, -0.2) is 0 Å². The van der Waals surface area contributed by atoms with E-state index in [4.69, 9.17) is 9.47 Å². The molecule has 1 aromatic heterocycles. The number of fused-ring (bicyclic) bond motifs is 1. The average Bonchev–Trinajstić information content (AvgIpc) is 3.38. The Morgan fingerprint density at radius 2 is 1.79 bits per heavy atom. The molecule has 1 aliphatic carbocycles. The highest BCUT2D eigenvalue weighted by Gasteiger charge is 2.37. The zero-order valence-electron chi connectivity index (χ0n) is 17.1. The molecule has 0 bridgehead atoms. The second-order valence-electron chi connectivity index (χ2n) is 7.72. The number of hydrogen-bond donors (Lipinski definition) is 1. The lowest BCUT2D eigenvalue weighted by atomic mass is 9.87. The molecule has 29 heavy (non-hydrogen) atoms. The monoisotopic (exact) mass is 392 g/mol. The Bertz CT molecular complexity index is 1000. The lowest BCUT2D eigenvalue weighted by molar-refractivity contribution is -0.141. The number of methoxy groups -OCH3 is 2. The first-order chi connectivity index (χ1) is 14.2. The molecule has 152 valence electrons. The summed E-state index contributed by atoms with van der Waals surface area (Å²) in [5.41, 5.74) is 3.38. The number of carbonyl (C=O) groups excluding carboxylic acids is 1. The number of aromatic nitrogens is 1. The fraction of sp³-hybridized carbons (Fsp3) is 0.375. The number of nitrogens with zero attached hydrogens (tertiary/aromatic N) is 1. The normalized spacial score (nSPS) is 15.5. The summed E-state index contributed by atoms with van der Waals surface area (Å²) in [7, 11) is 3.16. The Hall–Kier alpha value is -2.79. The average molecular weight is 392 g/mol. The van der Waals surface area contributed by atoms with Gasteiger partial charge in [-0.1, -0.05) is 49.2 Å². The summed E-state index contributed by atoms with van der Waals surface area (Å²) in [5.74, 6) is 0.696. The SMILES string of the molecule is COC(=O)Cn1cc(CNC2(c3ccccc3OC)CCCC2)c2ccccc21. The van der Waals surface area contributed by atoms with Gasteiger partial charge in [0.15, 0.2) is 0 Å². The number of rotatable bonds is 7. The zero-order valence-corrected chi connectivity index (χ0v) is 17.1. The fourth-order valence-corrected chi connectivity index (χ4v) is 4.62. The molecule has 0 unspecified atom stereocenters. The second-order valence-corrected chi connectivity index (χ2v) is 7.72. The summed E-state index contributed by atoms with van der Waals surface area (Å²) in [5, 5.41) is 5.03. The van der Waals surface area contributed by atoms with Gasteiger partial charge < -0.3 is 19.4 Å². The van der Waals surface area contributed by atoms with Crippen LogP contribution in [0, 0.1) is 0 Å². The largest absolute Gasteiger partial charge is 0.496 e. The lowest BCUT2D eigenvalue weighted by Gasteiger charge is -2.32. The van der Waals surface area contributed by atoms with E-state index in [9.17, 15) is 4.79 Å². The molecule has 2 aromatic carbocycles. The molecule has 1 fully saturated rings. The second kappa shape index (κ2) is 8.29. The molecule has 5 heteroatoms. The van der Waals surface area contributed by atoms with Crippen LogP contribution < -0.4 is 10.1 Å². The highest BCUT2D eigenvalue weighted by Crippen LogP contribution is 2.43. The van der Waals surface area contributed by atoms with Crippen LogP contribution in [0.25, 0.3) is 10.9 Å². The van der Waals surface area contributed by atoms with Crippen LogP contribution in [0.2, 0.25) is 0 Å². The van der Waals surface area contributed by atoms with Crippen LogP contribution in [-0.4, -0.2) is 24.8 Å². The van der Waals surface area contributed by atoms with Crippen molar-refractivity contribution in [3.63, 3.8) is 0 Å². The maximum Gasteiger partial charge on any atom is 0.325 e. The van der Waals surface area contributed by atoms with E-state index in [1.165, 1.54) is 31.1 Å². The first kappa shape index (κ1) is 19.5. The van der Waals surface area contributed by atoms with Gasteiger partial charge in [0, 0.05) is 34.7 Å². The van der Waals surface area contributed by atoms with Crippen LogP contribution >= 0.6 is 0 Å². The Balaban J connectivity index is 1.65. The van der Waals surface area contributed by atoms with E-state index < -0.39 is 0 Å². The number of ether oxygens (including phenoxy) is 2. The van der Waals surface area contributed by atoms with Crippen molar-refractivity contribution in [1.82, 2.24) is 9.88 Å². The third kappa shape index (κ3) is 3.75. The van der Waals surface area contributed by atoms with Crippen molar-refractivity contribution in [2.75, 3.05) is 14.2 Å². The predicted molar refractivity (Wildman–Crippen MR) is 114 cm³/mol. The third-order valence-corrected chi connectivity index (χ3v) is 6.10. The number of hydrogen-bond acceptors (Lipinski definition) is 4. The third-order valence-electron chi connectivity index (χ3n) is 6.10.